The number of aryl methyl sites for hydroxylation is 1. The molecule has 0 saturated heterocycles. The molecule has 1 heterocycles. The minimum Gasteiger partial charge on any atom is -0.207 e. The number of hydrogen-bond acceptors (Lipinski definition) is 4. The molecule has 0 bridgehead atoms. The van der Waals surface area contributed by atoms with Gasteiger partial charge < -0.3 is 0 Å². The topological polar surface area (TPSA) is 47.0 Å². The summed E-state index contributed by atoms with van der Waals surface area (Å²) in [6.07, 6.45) is 0. The highest BCUT2D eigenvalue weighted by molar-refractivity contribution is 8.14. The summed E-state index contributed by atoms with van der Waals surface area (Å²) in [5.74, 6) is 0. The first-order chi connectivity index (χ1) is 6.50. The van der Waals surface area contributed by atoms with E-state index >= 15 is 0 Å². The number of aromatic nitrogens is 1. The van der Waals surface area contributed by atoms with Crippen LogP contribution in [0.5, 0.6) is 0 Å². The van der Waals surface area contributed by atoms with Crippen molar-refractivity contribution >= 4 is 41.4 Å². The molecule has 0 aliphatic rings. The fourth-order valence-electron chi connectivity index (χ4n) is 1.31. The van der Waals surface area contributed by atoms with Crippen molar-refractivity contribution in [2.75, 3.05) is 0 Å². The highest BCUT2D eigenvalue weighted by Crippen LogP contribution is 2.30. The van der Waals surface area contributed by atoms with Gasteiger partial charge in [-0.1, -0.05) is 6.07 Å². The number of rotatable bonds is 1. The SMILES string of the molecule is Cc1nsc2cccc(S(=O)(=O)Cl)c12. The monoisotopic (exact) mass is 247 g/mol. The van der Waals surface area contributed by atoms with Crippen LogP contribution < -0.4 is 0 Å². The summed E-state index contributed by atoms with van der Waals surface area (Å²) in [6.45, 7) is 1.77. The van der Waals surface area contributed by atoms with Gasteiger partial charge in [-0.15, -0.1) is 0 Å². The van der Waals surface area contributed by atoms with E-state index in [0.717, 1.165) is 4.70 Å². The second-order valence-electron chi connectivity index (χ2n) is 2.84. The van der Waals surface area contributed by atoms with Crippen LogP contribution in [-0.2, 0) is 9.05 Å². The van der Waals surface area contributed by atoms with Crippen LogP contribution >= 0.6 is 22.2 Å². The zero-order chi connectivity index (χ0) is 10.3. The third kappa shape index (κ3) is 1.51. The van der Waals surface area contributed by atoms with E-state index < -0.39 is 9.05 Å². The van der Waals surface area contributed by atoms with Crippen LogP contribution in [0.2, 0.25) is 0 Å². The fraction of sp³-hybridized carbons (Fsp3) is 0.125. The maximum absolute atomic E-state index is 11.2. The first-order valence-corrected chi connectivity index (χ1v) is 6.88. The fourth-order valence-corrected chi connectivity index (χ4v) is 3.32. The Kier molecular flexibility index (Phi) is 2.25. The average Bonchev–Trinajstić information content (AvgIpc) is 2.46. The molecule has 0 aliphatic carbocycles. The largest absolute Gasteiger partial charge is 0.262 e. The molecular weight excluding hydrogens is 242 g/mol. The minimum atomic E-state index is -3.68. The Hall–Kier alpha value is -0.650. The van der Waals surface area contributed by atoms with Crippen LogP contribution in [0, 0.1) is 6.92 Å². The summed E-state index contributed by atoms with van der Waals surface area (Å²) in [4.78, 5) is 0.142. The molecule has 74 valence electrons. The van der Waals surface area contributed by atoms with E-state index in [-0.39, 0.29) is 4.90 Å². The van der Waals surface area contributed by atoms with Gasteiger partial charge in [-0.2, -0.15) is 4.37 Å². The molecule has 0 unspecified atom stereocenters. The van der Waals surface area contributed by atoms with Crippen molar-refractivity contribution in [3.63, 3.8) is 0 Å². The second kappa shape index (κ2) is 3.18. The number of halogens is 1. The van der Waals surface area contributed by atoms with Gasteiger partial charge in [0, 0.05) is 16.1 Å². The van der Waals surface area contributed by atoms with Crippen molar-refractivity contribution in [2.45, 2.75) is 11.8 Å². The average molecular weight is 248 g/mol. The van der Waals surface area contributed by atoms with E-state index in [2.05, 4.69) is 4.37 Å². The summed E-state index contributed by atoms with van der Waals surface area (Å²) in [7, 11) is 1.63. The smallest absolute Gasteiger partial charge is 0.207 e. The molecule has 6 heteroatoms. The minimum absolute atomic E-state index is 0.142. The van der Waals surface area contributed by atoms with Gasteiger partial charge >= 0.3 is 0 Å². The lowest BCUT2D eigenvalue weighted by molar-refractivity contribution is 0.610. The lowest BCUT2D eigenvalue weighted by atomic mass is 10.2. The lowest BCUT2D eigenvalue weighted by Crippen LogP contribution is -1.91. The number of nitrogens with zero attached hydrogens (tertiary/aromatic N) is 1. The van der Waals surface area contributed by atoms with Crippen molar-refractivity contribution in [1.82, 2.24) is 4.37 Å². The Morgan fingerprint density at radius 1 is 1.43 bits per heavy atom. The van der Waals surface area contributed by atoms with Crippen molar-refractivity contribution in [3.8, 4) is 0 Å². The first kappa shape index (κ1) is 9.89. The molecule has 14 heavy (non-hydrogen) atoms. The normalized spacial score (nSPS) is 12.1. The Bertz CT molecular complexity index is 588. The summed E-state index contributed by atoms with van der Waals surface area (Å²) in [5.41, 5.74) is 0.699. The third-order valence-electron chi connectivity index (χ3n) is 1.89. The first-order valence-electron chi connectivity index (χ1n) is 3.80. The van der Waals surface area contributed by atoms with Crippen LogP contribution in [-0.4, -0.2) is 12.8 Å². The Morgan fingerprint density at radius 2 is 2.14 bits per heavy atom. The van der Waals surface area contributed by atoms with Crippen molar-refractivity contribution in [1.29, 1.82) is 0 Å². The summed E-state index contributed by atoms with van der Waals surface area (Å²) in [5, 5.41) is 0.632. The standard InChI is InChI=1S/C8H6ClNO2S2/c1-5-8-6(13-10-5)3-2-4-7(8)14(9,11)12/h2-4H,1H3. The molecule has 3 nitrogen and oxygen atoms in total. The highest BCUT2D eigenvalue weighted by atomic mass is 35.7. The van der Waals surface area contributed by atoms with Crippen LogP contribution in [0.25, 0.3) is 10.1 Å². The van der Waals surface area contributed by atoms with Gasteiger partial charge in [0.25, 0.3) is 9.05 Å². The van der Waals surface area contributed by atoms with Gasteiger partial charge in [-0.05, 0) is 30.6 Å². The molecule has 0 spiro atoms. The third-order valence-corrected chi connectivity index (χ3v) is 4.16. The van der Waals surface area contributed by atoms with E-state index in [1.807, 2.05) is 6.07 Å². The van der Waals surface area contributed by atoms with E-state index in [4.69, 9.17) is 10.7 Å². The van der Waals surface area contributed by atoms with Crippen LogP contribution in [0.4, 0.5) is 0 Å². The van der Waals surface area contributed by atoms with E-state index in [1.54, 1.807) is 13.0 Å². The summed E-state index contributed by atoms with van der Waals surface area (Å²) in [6, 6.07) is 4.98. The molecular formula is C8H6ClNO2S2. The molecule has 0 N–H and O–H groups in total. The number of benzene rings is 1. The van der Waals surface area contributed by atoms with Gasteiger partial charge in [-0.25, -0.2) is 8.42 Å². The van der Waals surface area contributed by atoms with E-state index in [1.165, 1.54) is 17.6 Å². The van der Waals surface area contributed by atoms with Crippen LogP contribution in [0.1, 0.15) is 5.69 Å². The molecule has 0 amide bonds. The maximum atomic E-state index is 11.2. The molecule has 1 aromatic carbocycles. The zero-order valence-electron chi connectivity index (χ0n) is 7.19. The molecule has 1 aromatic heterocycles. The van der Waals surface area contributed by atoms with Gasteiger partial charge in [-0.3, -0.25) is 0 Å². The van der Waals surface area contributed by atoms with Gasteiger partial charge in [0.1, 0.15) is 0 Å². The number of hydrogen-bond donors (Lipinski definition) is 0. The molecule has 2 rings (SSSR count). The lowest BCUT2D eigenvalue weighted by Gasteiger charge is -1.98. The molecule has 0 radical (unpaired) electrons. The van der Waals surface area contributed by atoms with Crippen molar-refractivity contribution < 1.29 is 8.42 Å². The van der Waals surface area contributed by atoms with E-state index in [0.29, 0.717) is 11.1 Å². The van der Waals surface area contributed by atoms with Crippen molar-refractivity contribution in [2.24, 2.45) is 0 Å². The summed E-state index contributed by atoms with van der Waals surface area (Å²) < 4.78 is 27.4. The second-order valence-corrected chi connectivity index (χ2v) is 6.17. The maximum Gasteiger partial charge on any atom is 0.262 e. The van der Waals surface area contributed by atoms with Crippen molar-refractivity contribution in [3.05, 3.63) is 23.9 Å². The Balaban J connectivity index is 2.96. The van der Waals surface area contributed by atoms with E-state index in [9.17, 15) is 8.42 Å². The van der Waals surface area contributed by atoms with Crippen LogP contribution in [0.15, 0.2) is 23.1 Å². The Labute approximate surface area is 89.9 Å². The van der Waals surface area contributed by atoms with Crippen LogP contribution in [0.3, 0.4) is 0 Å². The molecule has 0 saturated carbocycles. The molecule has 0 atom stereocenters. The van der Waals surface area contributed by atoms with Gasteiger partial charge in [0.05, 0.1) is 15.3 Å². The highest BCUT2D eigenvalue weighted by Gasteiger charge is 2.16. The number of fused-ring (bicyclic) bond motifs is 1. The molecule has 0 fully saturated rings. The predicted octanol–water partition coefficient (Wildman–Crippen LogP) is 2.53. The molecule has 0 aliphatic heterocycles. The quantitative estimate of drug-likeness (QED) is 0.728. The predicted molar refractivity (Wildman–Crippen MR) is 57.4 cm³/mol. The summed E-state index contributed by atoms with van der Waals surface area (Å²) >= 11 is 1.27. The Morgan fingerprint density at radius 3 is 2.79 bits per heavy atom. The molecule has 2 aromatic rings. The van der Waals surface area contributed by atoms with Gasteiger partial charge in [0.2, 0.25) is 0 Å². The zero-order valence-corrected chi connectivity index (χ0v) is 9.58. The van der Waals surface area contributed by atoms with Gasteiger partial charge in [0.15, 0.2) is 0 Å².